The number of cyclic esters (lactones) is 1. The molecule has 61 heavy (non-hydrogen) atoms. The predicted molar refractivity (Wildman–Crippen MR) is 225 cm³/mol. The van der Waals surface area contributed by atoms with E-state index in [1.54, 1.807) is 0 Å². The fourth-order valence-electron chi connectivity index (χ4n) is 13.4. The second-order valence-electron chi connectivity index (χ2n) is 21.2. The summed E-state index contributed by atoms with van der Waals surface area (Å²) in [5.74, 6) is 0.347. The van der Waals surface area contributed by atoms with Gasteiger partial charge in [-0.15, -0.1) is 0 Å². The molecule has 11 heteroatoms. The molecule has 11 nitrogen and oxygen atoms in total. The number of hydrogen-bond acceptors (Lipinski definition) is 11. The molecule has 0 spiro atoms. The van der Waals surface area contributed by atoms with Crippen molar-refractivity contribution in [2.45, 2.75) is 173 Å². The molecule has 0 aromatic heterocycles. The van der Waals surface area contributed by atoms with Gasteiger partial charge >= 0.3 is 17.9 Å². The third kappa shape index (κ3) is 7.34. The Morgan fingerprint density at radius 1 is 0.951 bits per heavy atom. The first kappa shape index (κ1) is 43.2. The van der Waals surface area contributed by atoms with Gasteiger partial charge in [-0.1, -0.05) is 65.0 Å². The van der Waals surface area contributed by atoms with Crippen molar-refractivity contribution in [1.29, 1.82) is 0 Å². The summed E-state index contributed by atoms with van der Waals surface area (Å²) in [6, 6.07) is 0. The van der Waals surface area contributed by atoms with Gasteiger partial charge in [0.2, 0.25) is 0 Å². The number of esters is 3. The molecule has 5 aliphatic carbocycles. The van der Waals surface area contributed by atoms with Crippen LogP contribution in [0.1, 0.15) is 125 Å². The molecule has 3 unspecified atom stereocenters. The Balaban J connectivity index is 0.821. The number of aliphatic hydroxyl groups is 2. The van der Waals surface area contributed by atoms with Crippen LogP contribution in [-0.2, 0) is 42.8 Å². The van der Waals surface area contributed by atoms with Gasteiger partial charge in [0.1, 0.15) is 18.3 Å². The zero-order valence-corrected chi connectivity index (χ0v) is 37.1. The second-order valence-corrected chi connectivity index (χ2v) is 21.2. The monoisotopic (exact) mass is 844 g/mol. The lowest BCUT2D eigenvalue weighted by molar-refractivity contribution is -0.303. The molecule has 4 aliphatic heterocycles. The third-order valence-corrected chi connectivity index (χ3v) is 17.2. The van der Waals surface area contributed by atoms with Crippen LogP contribution in [0, 0.1) is 46.3 Å². The fourth-order valence-corrected chi connectivity index (χ4v) is 13.4. The number of epoxide rings is 1. The maximum Gasteiger partial charge on any atom is 0.334 e. The van der Waals surface area contributed by atoms with E-state index >= 15 is 0 Å². The molecule has 9 rings (SSSR count). The number of fused-ring (bicyclic) bond motifs is 6. The van der Waals surface area contributed by atoms with E-state index in [1.165, 1.54) is 12.0 Å². The summed E-state index contributed by atoms with van der Waals surface area (Å²) in [6.07, 6.45) is 15.1. The van der Waals surface area contributed by atoms with Gasteiger partial charge in [-0.25, -0.2) is 4.79 Å². The van der Waals surface area contributed by atoms with Crippen LogP contribution in [0.25, 0.3) is 0 Å². The largest absolute Gasteiger partial charge is 0.458 e. The molecule has 334 valence electrons. The minimum atomic E-state index is -1.01. The highest BCUT2D eigenvalue weighted by Gasteiger charge is 2.79. The quantitative estimate of drug-likeness (QED) is 0.0919. The van der Waals surface area contributed by atoms with Crippen molar-refractivity contribution in [3.05, 3.63) is 58.7 Å². The molecule has 14 atom stereocenters. The van der Waals surface area contributed by atoms with Crippen molar-refractivity contribution in [3.8, 4) is 0 Å². The molecule has 3 saturated heterocycles. The summed E-state index contributed by atoms with van der Waals surface area (Å²) >= 11 is 0. The van der Waals surface area contributed by atoms with E-state index in [-0.39, 0.29) is 54.2 Å². The van der Waals surface area contributed by atoms with Gasteiger partial charge in [0.15, 0.2) is 18.0 Å². The summed E-state index contributed by atoms with van der Waals surface area (Å²) in [6.45, 7) is 17.7. The summed E-state index contributed by atoms with van der Waals surface area (Å²) in [5, 5.41) is 20.6. The molecule has 0 amide bonds. The van der Waals surface area contributed by atoms with Crippen LogP contribution in [0.5, 0.6) is 0 Å². The average Bonchev–Trinajstić information content (AvgIpc) is 4.13. The van der Waals surface area contributed by atoms with Crippen molar-refractivity contribution in [1.82, 2.24) is 0 Å². The number of carbonyl (C=O) groups excluding carboxylic acids is 3. The van der Waals surface area contributed by atoms with Crippen molar-refractivity contribution < 1.29 is 53.0 Å². The molecule has 7 fully saturated rings. The smallest absolute Gasteiger partial charge is 0.334 e. The van der Waals surface area contributed by atoms with E-state index < -0.39 is 53.8 Å². The van der Waals surface area contributed by atoms with Gasteiger partial charge in [-0.05, 0) is 129 Å². The standard InChI is InChI=1S/C50H68O11/c1-27(2)50-45(49(7)44(60-46(50)61-50)48(6)22-20-34-35(25-56-43(34)55)38(48)26-57-49)59-42(54)19-18-41(53)58-40(31-12-13-31)17-10-28(3)36-15-16-37-30(9-8-21-47(36,37)5)11-14-32-23-33(51)24-39(52)29(32)4/h10-11,14,17,27-28,31,33,36-40,44-46,51-52H,4,8-9,12-13,15-16,18-26H2,1-3,5-7H3/b17-10+,30-11+,32-14-/t28-,33+,36?,37?,38-,39-,40?,44+,45-,46+,47+,48-,49-,50+/m0/s1. The van der Waals surface area contributed by atoms with Gasteiger partial charge in [-0.3, -0.25) is 9.59 Å². The van der Waals surface area contributed by atoms with Crippen LogP contribution in [0.3, 0.4) is 0 Å². The van der Waals surface area contributed by atoms with E-state index in [0.717, 1.165) is 60.8 Å². The number of rotatable bonds is 11. The summed E-state index contributed by atoms with van der Waals surface area (Å²) in [7, 11) is 0. The Morgan fingerprint density at radius 2 is 1.72 bits per heavy atom. The highest BCUT2D eigenvalue weighted by molar-refractivity contribution is 5.92. The number of ether oxygens (including phenoxy) is 6. The normalized spacial score (nSPS) is 44.0. The van der Waals surface area contributed by atoms with Crippen LogP contribution in [0.4, 0.5) is 0 Å². The van der Waals surface area contributed by atoms with Crippen LogP contribution in [0.15, 0.2) is 58.7 Å². The Hall–Kier alpha value is -3.09. The van der Waals surface area contributed by atoms with Gasteiger partial charge in [-0.2, -0.15) is 0 Å². The molecule has 2 N–H and O–H groups in total. The molecule has 4 heterocycles. The Kier molecular flexibility index (Phi) is 11.2. The lowest BCUT2D eigenvalue weighted by atomic mass is 9.56. The SMILES string of the molecule is C=C1/C(=C\C=C2/CCC[C@@]3(C)C2CCC3[C@@H](C)/C=C/C(OC(=O)CCC(=O)O[C@H]2[C@@]3(C)OC[C@H]4C5=C(CC[C@]4(C)[C@H]3O[C@@H]3O[C@@]32C(C)C)C(=O)OC5)C2CC2)C[C@@H](O)C[C@@H]1O. The van der Waals surface area contributed by atoms with Crippen LogP contribution in [-0.4, -0.2) is 89.3 Å². The molecule has 0 bridgehead atoms. The number of carbonyl (C=O) groups is 3. The Morgan fingerprint density at radius 3 is 2.48 bits per heavy atom. The van der Waals surface area contributed by atoms with Gasteiger partial charge in [0.25, 0.3) is 0 Å². The van der Waals surface area contributed by atoms with Crippen LogP contribution >= 0.6 is 0 Å². The van der Waals surface area contributed by atoms with Crippen molar-refractivity contribution in [2.75, 3.05) is 13.2 Å². The van der Waals surface area contributed by atoms with Crippen LogP contribution < -0.4 is 0 Å². The van der Waals surface area contributed by atoms with Crippen molar-refractivity contribution >= 4 is 17.9 Å². The van der Waals surface area contributed by atoms with E-state index in [0.29, 0.717) is 56.0 Å². The highest BCUT2D eigenvalue weighted by atomic mass is 16.8. The predicted octanol–water partition coefficient (Wildman–Crippen LogP) is 7.54. The van der Waals surface area contributed by atoms with Gasteiger partial charge in [0, 0.05) is 23.3 Å². The van der Waals surface area contributed by atoms with Gasteiger partial charge in [0.05, 0.1) is 37.8 Å². The average molecular weight is 845 g/mol. The zero-order chi connectivity index (χ0) is 43.2. The minimum absolute atomic E-state index is 0.0343. The van der Waals surface area contributed by atoms with E-state index in [1.807, 2.05) is 20.8 Å². The first-order valence-electron chi connectivity index (χ1n) is 23.4. The summed E-state index contributed by atoms with van der Waals surface area (Å²) < 4.78 is 37.6. The Labute approximate surface area is 361 Å². The lowest BCUT2D eigenvalue weighted by Crippen LogP contribution is -2.73. The van der Waals surface area contributed by atoms with Crippen LogP contribution in [0.2, 0.25) is 0 Å². The third-order valence-electron chi connectivity index (χ3n) is 17.2. The van der Waals surface area contributed by atoms with Crippen molar-refractivity contribution in [3.63, 3.8) is 0 Å². The topological polar surface area (TPSA) is 150 Å². The molecular formula is C50H68O11. The highest BCUT2D eigenvalue weighted by Crippen LogP contribution is 2.65. The zero-order valence-electron chi connectivity index (χ0n) is 37.1. The first-order chi connectivity index (χ1) is 29.0. The van der Waals surface area contributed by atoms with E-state index in [9.17, 15) is 24.6 Å². The molecule has 0 aromatic rings. The molecule has 0 aromatic carbocycles. The summed E-state index contributed by atoms with van der Waals surface area (Å²) in [4.78, 5) is 39.6. The van der Waals surface area contributed by atoms with E-state index in [2.05, 4.69) is 51.7 Å². The first-order valence-corrected chi connectivity index (χ1v) is 23.4. The van der Waals surface area contributed by atoms with Crippen molar-refractivity contribution in [2.24, 2.45) is 46.3 Å². The lowest BCUT2D eigenvalue weighted by Gasteiger charge is -2.60. The molecule has 9 aliphatic rings. The maximum absolute atomic E-state index is 13.7. The number of allylic oxidation sites excluding steroid dienone is 4. The Bertz CT molecular complexity index is 1940. The van der Waals surface area contributed by atoms with E-state index in [4.69, 9.17) is 28.4 Å². The maximum atomic E-state index is 13.7. The molecule has 0 radical (unpaired) electrons. The fraction of sp³-hybridized carbons (Fsp3) is 0.740. The number of hydrogen-bond donors (Lipinski definition) is 2. The number of aliphatic hydroxyl groups excluding tert-OH is 2. The second kappa shape index (κ2) is 15.9. The minimum Gasteiger partial charge on any atom is -0.458 e. The molecule has 4 saturated carbocycles. The summed E-state index contributed by atoms with van der Waals surface area (Å²) in [5.41, 5.74) is 2.80. The van der Waals surface area contributed by atoms with Gasteiger partial charge < -0.3 is 38.6 Å². The molecular weight excluding hydrogens is 777 g/mol.